The highest BCUT2D eigenvalue weighted by molar-refractivity contribution is 5.69. The lowest BCUT2D eigenvalue weighted by Crippen LogP contribution is -2.22. The Labute approximate surface area is 78.6 Å². The van der Waals surface area contributed by atoms with Crippen LogP contribution in [0, 0.1) is 0 Å². The van der Waals surface area contributed by atoms with Crippen LogP contribution in [-0.4, -0.2) is 38.4 Å². The fourth-order valence-corrected chi connectivity index (χ4v) is 1.22. The van der Waals surface area contributed by atoms with E-state index in [1.807, 2.05) is 6.92 Å². The number of rotatable bonds is 5. The van der Waals surface area contributed by atoms with Gasteiger partial charge >= 0.3 is 5.97 Å². The highest BCUT2D eigenvalue weighted by atomic mass is 16.6. The number of hydrogen-bond donors (Lipinski definition) is 1. The van der Waals surface area contributed by atoms with Gasteiger partial charge in [0, 0.05) is 13.0 Å². The molecule has 0 spiro atoms. The normalized spacial score (nSPS) is 21.8. The summed E-state index contributed by atoms with van der Waals surface area (Å²) in [4.78, 5) is 11.2. The summed E-state index contributed by atoms with van der Waals surface area (Å²) in [5, 5.41) is 3.07. The number of ether oxygens (including phenoxy) is 2. The minimum atomic E-state index is -0.128. The smallest absolute Gasteiger partial charge is 0.307 e. The van der Waals surface area contributed by atoms with Crippen LogP contribution < -0.4 is 5.32 Å². The Morgan fingerprint density at radius 3 is 3.15 bits per heavy atom. The Balaban J connectivity index is 2.02. The molecule has 0 amide bonds. The van der Waals surface area contributed by atoms with E-state index in [0.717, 1.165) is 13.0 Å². The van der Waals surface area contributed by atoms with E-state index in [-0.39, 0.29) is 12.1 Å². The summed E-state index contributed by atoms with van der Waals surface area (Å²) in [5.41, 5.74) is 0. The predicted octanol–water partition coefficient (Wildman–Crippen LogP) is 0.318. The van der Waals surface area contributed by atoms with Crippen LogP contribution in [0.25, 0.3) is 0 Å². The van der Waals surface area contributed by atoms with Gasteiger partial charge in [0.05, 0.1) is 19.6 Å². The van der Waals surface area contributed by atoms with Crippen molar-refractivity contribution in [1.82, 2.24) is 5.32 Å². The zero-order chi connectivity index (χ0) is 9.52. The van der Waals surface area contributed by atoms with E-state index in [2.05, 4.69) is 5.32 Å². The van der Waals surface area contributed by atoms with Gasteiger partial charge in [-0.3, -0.25) is 4.79 Å². The van der Waals surface area contributed by atoms with Gasteiger partial charge in [0.15, 0.2) is 0 Å². The van der Waals surface area contributed by atoms with Gasteiger partial charge in [0.25, 0.3) is 0 Å². The summed E-state index contributed by atoms with van der Waals surface area (Å²) >= 11 is 0. The lowest BCUT2D eigenvalue weighted by atomic mass is 10.3. The summed E-state index contributed by atoms with van der Waals surface area (Å²) in [6.07, 6.45) is 1.28. The first kappa shape index (κ1) is 10.5. The van der Waals surface area contributed by atoms with Crippen LogP contribution in [0.15, 0.2) is 0 Å². The molecule has 1 atom stereocenters. The molecular weight excluding hydrogens is 170 g/mol. The molecule has 1 N–H and O–H groups in total. The summed E-state index contributed by atoms with van der Waals surface area (Å²) in [6, 6.07) is 0. The minimum absolute atomic E-state index is 0.00544. The molecule has 0 aromatic carbocycles. The van der Waals surface area contributed by atoms with Crippen molar-refractivity contribution < 1.29 is 14.3 Å². The molecule has 0 radical (unpaired) electrons. The van der Waals surface area contributed by atoms with Crippen LogP contribution in [0.1, 0.15) is 19.8 Å². The van der Waals surface area contributed by atoms with Gasteiger partial charge < -0.3 is 14.8 Å². The second-order valence-electron chi connectivity index (χ2n) is 3.08. The molecule has 1 fully saturated rings. The molecule has 0 aromatic heterocycles. The summed E-state index contributed by atoms with van der Waals surface area (Å²) in [6.45, 7) is 4.87. The van der Waals surface area contributed by atoms with Crippen molar-refractivity contribution in [3.63, 3.8) is 0 Å². The summed E-state index contributed by atoms with van der Waals surface area (Å²) in [7, 11) is 0. The molecule has 0 bridgehead atoms. The Morgan fingerprint density at radius 2 is 2.54 bits per heavy atom. The molecular formula is C9H17NO3. The maximum atomic E-state index is 11.2. The Bertz CT molecular complexity index is 155. The molecule has 0 saturated carbocycles. The quantitative estimate of drug-likeness (QED) is 0.497. The number of carbonyl (C=O) groups excluding carboxylic acids is 1. The zero-order valence-electron chi connectivity index (χ0n) is 8.04. The second kappa shape index (κ2) is 5.94. The van der Waals surface area contributed by atoms with Gasteiger partial charge in [-0.05, 0) is 6.54 Å². The fourth-order valence-electron chi connectivity index (χ4n) is 1.22. The van der Waals surface area contributed by atoms with Crippen LogP contribution in [0.5, 0.6) is 0 Å². The standard InChI is InChI=1S/C9H17NO3/c1-2-10-5-3-9(11)13-8-4-6-12-7-8/h8,10H,2-7H2,1H3. The fraction of sp³-hybridized carbons (Fsp3) is 0.889. The third kappa shape index (κ3) is 4.24. The van der Waals surface area contributed by atoms with Gasteiger partial charge in [-0.2, -0.15) is 0 Å². The molecule has 1 aliphatic heterocycles. The third-order valence-electron chi connectivity index (χ3n) is 1.94. The number of nitrogens with one attached hydrogen (secondary N) is 1. The Kier molecular flexibility index (Phi) is 4.78. The van der Waals surface area contributed by atoms with E-state index in [0.29, 0.717) is 26.2 Å². The van der Waals surface area contributed by atoms with Crippen molar-refractivity contribution >= 4 is 5.97 Å². The highest BCUT2D eigenvalue weighted by Crippen LogP contribution is 2.08. The Morgan fingerprint density at radius 1 is 1.69 bits per heavy atom. The molecule has 1 saturated heterocycles. The van der Waals surface area contributed by atoms with Crippen LogP contribution in [-0.2, 0) is 14.3 Å². The van der Waals surface area contributed by atoms with Gasteiger partial charge in [0.2, 0.25) is 0 Å². The first-order valence-corrected chi connectivity index (χ1v) is 4.81. The maximum absolute atomic E-state index is 11.2. The zero-order valence-corrected chi connectivity index (χ0v) is 8.04. The Hall–Kier alpha value is -0.610. The van der Waals surface area contributed by atoms with Gasteiger partial charge in [-0.25, -0.2) is 0 Å². The predicted molar refractivity (Wildman–Crippen MR) is 48.5 cm³/mol. The molecule has 4 heteroatoms. The molecule has 1 aliphatic rings. The summed E-state index contributed by atoms with van der Waals surface area (Å²) in [5.74, 6) is -0.128. The minimum Gasteiger partial charge on any atom is -0.460 e. The molecule has 0 aliphatic carbocycles. The summed E-state index contributed by atoms with van der Waals surface area (Å²) < 4.78 is 10.2. The number of carbonyl (C=O) groups is 1. The van der Waals surface area contributed by atoms with Crippen molar-refractivity contribution in [2.24, 2.45) is 0 Å². The van der Waals surface area contributed by atoms with E-state index in [4.69, 9.17) is 9.47 Å². The second-order valence-corrected chi connectivity index (χ2v) is 3.08. The molecule has 4 nitrogen and oxygen atoms in total. The van der Waals surface area contributed by atoms with E-state index in [1.165, 1.54) is 0 Å². The van der Waals surface area contributed by atoms with Gasteiger partial charge in [0.1, 0.15) is 6.10 Å². The number of esters is 1. The SMILES string of the molecule is CCNCCC(=O)OC1CCOC1. The van der Waals surface area contributed by atoms with E-state index < -0.39 is 0 Å². The van der Waals surface area contributed by atoms with Crippen molar-refractivity contribution in [1.29, 1.82) is 0 Å². The van der Waals surface area contributed by atoms with Crippen LogP contribution >= 0.6 is 0 Å². The molecule has 1 rings (SSSR count). The molecule has 13 heavy (non-hydrogen) atoms. The van der Waals surface area contributed by atoms with Crippen LogP contribution in [0.3, 0.4) is 0 Å². The highest BCUT2D eigenvalue weighted by Gasteiger charge is 2.19. The van der Waals surface area contributed by atoms with E-state index >= 15 is 0 Å². The van der Waals surface area contributed by atoms with E-state index in [1.54, 1.807) is 0 Å². The largest absolute Gasteiger partial charge is 0.460 e. The lowest BCUT2D eigenvalue weighted by molar-refractivity contribution is -0.148. The molecule has 0 aromatic rings. The average Bonchev–Trinajstić information content (AvgIpc) is 2.57. The first-order valence-electron chi connectivity index (χ1n) is 4.81. The van der Waals surface area contributed by atoms with Crippen LogP contribution in [0.2, 0.25) is 0 Å². The van der Waals surface area contributed by atoms with Gasteiger partial charge in [-0.15, -0.1) is 0 Å². The lowest BCUT2D eigenvalue weighted by Gasteiger charge is -2.09. The molecule has 1 unspecified atom stereocenters. The van der Waals surface area contributed by atoms with Crippen molar-refractivity contribution in [3.8, 4) is 0 Å². The first-order chi connectivity index (χ1) is 6.33. The van der Waals surface area contributed by atoms with Crippen molar-refractivity contribution in [2.75, 3.05) is 26.3 Å². The van der Waals surface area contributed by atoms with Crippen molar-refractivity contribution in [2.45, 2.75) is 25.9 Å². The topological polar surface area (TPSA) is 47.6 Å². The average molecular weight is 187 g/mol. The van der Waals surface area contributed by atoms with Crippen molar-refractivity contribution in [3.05, 3.63) is 0 Å². The van der Waals surface area contributed by atoms with Gasteiger partial charge in [-0.1, -0.05) is 6.92 Å². The molecule has 76 valence electrons. The van der Waals surface area contributed by atoms with Crippen LogP contribution in [0.4, 0.5) is 0 Å². The molecule has 1 heterocycles. The number of hydrogen-bond acceptors (Lipinski definition) is 4. The third-order valence-corrected chi connectivity index (χ3v) is 1.94. The van der Waals surface area contributed by atoms with E-state index in [9.17, 15) is 4.79 Å². The maximum Gasteiger partial charge on any atom is 0.307 e. The monoisotopic (exact) mass is 187 g/mol.